The maximum Gasteiger partial charge on any atom is 0.0966 e. The molecule has 0 aliphatic rings. The van der Waals surface area contributed by atoms with Crippen LogP contribution in [0.15, 0.2) is 12.7 Å². The van der Waals surface area contributed by atoms with Crippen molar-refractivity contribution >= 4 is 27.0 Å². The van der Waals surface area contributed by atoms with Gasteiger partial charge in [0.25, 0.3) is 0 Å². The summed E-state index contributed by atoms with van der Waals surface area (Å²) in [6, 6.07) is -0.109. The second kappa shape index (κ2) is 17.0. The van der Waals surface area contributed by atoms with Crippen LogP contribution in [0.2, 0.25) is 0 Å². The number of likely N-dealkylation sites (N-methyl/N-ethyl adjacent to an activating group) is 1. The lowest BCUT2D eigenvalue weighted by atomic mass is 10.1. The van der Waals surface area contributed by atoms with Crippen LogP contribution in [0.4, 0.5) is 0 Å². The van der Waals surface area contributed by atoms with Crippen molar-refractivity contribution in [1.29, 1.82) is 0 Å². The molecular weight excluding hydrogens is 424 g/mol. The van der Waals surface area contributed by atoms with Crippen LogP contribution in [-0.4, -0.2) is 51.9 Å². The minimum Gasteiger partial charge on any atom is -0.546 e. The van der Waals surface area contributed by atoms with Crippen LogP contribution < -0.4 is 0 Å². The highest BCUT2D eigenvalue weighted by Gasteiger charge is 2.12. The Kier molecular flexibility index (Phi) is 18.4. The molecule has 6 heteroatoms. The van der Waals surface area contributed by atoms with Gasteiger partial charge in [-0.05, 0) is 18.9 Å². The molecule has 1 unspecified atom stereocenters. The average Bonchev–Trinajstić information content (AvgIpc) is 2.52. The van der Waals surface area contributed by atoms with Gasteiger partial charge in [-0.2, -0.15) is 0 Å². The Morgan fingerprint density at radius 1 is 0.963 bits per heavy atom. The van der Waals surface area contributed by atoms with Gasteiger partial charge in [-0.3, -0.25) is 0 Å². The highest BCUT2D eigenvalue weighted by molar-refractivity contribution is 8.93. The Hall–Kier alpha value is 0.0900. The van der Waals surface area contributed by atoms with Gasteiger partial charge in [-0.25, -0.2) is 8.42 Å². The highest BCUT2D eigenvalue weighted by Crippen LogP contribution is 2.17. The Morgan fingerprint density at radius 2 is 1.48 bits per heavy atom. The van der Waals surface area contributed by atoms with Gasteiger partial charge in [0.2, 0.25) is 0 Å². The van der Waals surface area contributed by atoms with Gasteiger partial charge >= 0.3 is 0 Å². The molecule has 4 nitrogen and oxygen atoms in total. The molecule has 0 radical (unpaired) electrons. The molecule has 27 heavy (non-hydrogen) atoms. The normalized spacial score (nSPS) is 13.2. The fraction of sp³-hybridized carbons (Fsp3) is 0.905. The van der Waals surface area contributed by atoms with Crippen molar-refractivity contribution in [3.05, 3.63) is 17.4 Å². The van der Waals surface area contributed by atoms with Gasteiger partial charge in [0.05, 0.1) is 37.2 Å². The average molecular weight is 470 g/mol. The fourth-order valence-electron chi connectivity index (χ4n) is 3.23. The molecule has 0 aromatic heterocycles. The predicted octanol–water partition coefficient (Wildman–Crippen LogP) is 6.23. The van der Waals surface area contributed by atoms with E-state index >= 15 is 0 Å². The molecule has 0 fully saturated rings. The zero-order chi connectivity index (χ0) is 19.9. The summed E-state index contributed by atoms with van der Waals surface area (Å²) < 4.78 is 29.2. The molecule has 0 aromatic carbocycles. The Balaban J connectivity index is 0. The van der Waals surface area contributed by atoms with E-state index in [9.17, 15) is 8.42 Å². The van der Waals surface area contributed by atoms with E-state index in [0.717, 1.165) is 49.7 Å². The SMILES string of the molecule is Br.C=CC[N+](C)(C)CCCC(C)[N-]S(=O)(=O)CCCCCCCCCCC. The van der Waals surface area contributed by atoms with Gasteiger partial charge in [0.15, 0.2) is 0 Å². The summed E-state index contributed by atoms with van der Waals surface area (Å²) >= 11 is 0. The zero-order valence-corrected chi connectivity index (χ0v) is 20.8. The number of quaternary nitrogens is 1. The van der Waals surface area contributed by atoms with Crippen molar-refractivity contribution in [3.63, 3.8) is 0 Å². The maximum absolute atomic E-state index is 12.1. The first-order chi connectivity index (χ1) is 12.2. The monoisotopic (exact) mass is 468 g/mol. The summed E-state index contributed by atoms with van der Waals surface area (Å²) in [5.41, 5.74) is 0. The molecule has 164 valence electrons. The van der Waals surface area contributed by atoms with Crippen molar-refractivity contribution in [2.75, 3.05) is 32.9 Å². The molecular formula is C21H45BrN2O2S. The lowest BCUT2D eigenvalue weighted by Gasteiger charge is -2.31. The number of hydrogen-bond donors (Lipinski definition) is 0. The first-order valence-corrected chi connectivity index (χ1v) is 12.2. The van der Waals surface area contributed by atoms with E-state index in [0.29, 0.717) is 0 Å². The summed E-state index contributed by atoms with van der Waals surface area (Å²) in [6.07, 6.45) is 14.4. The molecule has 0 aromatic rings. The van der Waals surface area contributed by atoms with Gasteiger partial charge in [-0.1, -0.05) is 78.2 Å². The third-order valence-corrected chi connectivity index (χ3v) is 6.34. The second-order valence-corrected chi connectivity index (χ2v) is 10.1. The molecule has 0 aliphatic heterocycles. The molecule has 0 rings (SSSR count). The van der Waals surface area contributed by atoms with Gasteiger partial charge in [-0.15, -0.1) is 23.0 Å². The number of halogens is 1. The van der Waals surface area contributed by atoms with Crippen LogP contribution in [-0.2, 0) is 10.0 Å². The molecule has 0 amide bonds. The van der Waals surface area contributed by atoms with Crippen molar-refractivity contribution < 1.29 is 12.9 Å². The van der Waals surface area contributed by atoms with Crippen LogP contribution in [0, 0.1) is 0 Å². The third kappa shape index (κ3) is 19.2. The molecule has 0 heterocycles. The fourth-order valence-corrected chi connectivity index (χ4v) is 4.56. The van der Waals surface area contributed by atoms with Crippen molar-refractivity contribution in [3.8, 4) is 0 Å². The summed E-state index contributed by atoms with van der Waals surface area (Å²) in [5.74, 6) is 0.213. The van der Waals surface area contributed by atoms with Crippen LogP contribution in [0.5, 0.6) is 0 Å². The number of rotatable bonds is 18. The minimum atomic E-state index is -3.26. The molecule has 0 saturated carbocycles. The van der Waals surface area contributed by atoms with Crippen molar-refractivity contribution in [2.45, 2.75) is 90.5 Å². The number of hydrogen-bond acceptors (Lipinski definition) is 2. The summed E-state index contributed by atoms with van der Waals surface area (Å²) in [7, 11) is 1.08. The van der Waals surface area contributed by atoms with E-state index in [1.54, 1.807) is 0 Å². The van der Waals surface area contributed by atoms with Crippen LogP contribution in [0.3, 0.4) is 0 Å². The second-order valence-electron chi connectivity index (χ2n) is 8.34. The molecule has 0 bridgehead atoms. The Labute approximate surface area is 180 Å². The van der Waals surface area contributed by atoms with E-state index < -0.39 is 10.0 Å². The van der Waals surface area contributed by atoms with Crippen LogP contribution in [0.25, 0.3) is 4.72 Å². The summed E-state index contributed by atoms with van der Waals surface area (Å²) in [5, 5.41) is 0. The highest BCUT2D eigenvalue weighted by atomic mass is 79.9. The minimum absolute atomic E-state index is 0. The zero-order valence-electron chi connectivity index (χ0n) is 18.3. The lowest BCUT2D eigenvalue weighted by molar-refractivity contribution is -0.884. The lowest BCUT2D eigenvalue weighted by Crippen LogP contribution is -2.40. The first kappa shape index (κ1) is 29.3. The molecule has 0 saturated heterocycles. The standard InChI is InChI=1S/C21H44N2O2S.BrH/c1-6-8-9-10-11-12-13-14-15-20-26(24,25)22-21(3)17-16-19-23(4,5)18-7-2;/h7,21H,2,6,8-20H2,1,3-5H3;1H. The largest absolute Gasteiger partial charge is 0.546 e. The Bertz CT molecular complexity index is 453. The van der Waals surface area contributed by atoms with Gasteiger partial charge in [0.1, 0.15) is 0 Å². The first-order valence-electron chi connectivity index (χ1n) is 10.6. The van der Waals surface area contributed by atoms with E-state index in [4.69, 9.17) is 0 Å². The van der Waals surface area contributed by atoms with Crippen molar-refractivity contribution in [2.24, 2.45) is 0 Å². The number of sulfonamides is 1. The summed E-state index contributed by atoms with van der Waals surface area (Å²) in [4.78, 5) is 0. The number of nitrogens with zero attached hydrogens (tertiary/aromatic N) is 2. The number of unbranched alkanes of at least 4 members (excludes halogenated alkanes) is 8. The molecule has 0 N–H and O–H groups in total. The summed E-state index contributed by atoms with van der Waals surface area (Å²) in [6.45, 7) is 9.89. The van der Waals surface area contributed by atoms with Crippen LogP contribution >= 0.6 is 17.0 Å². The van der Waals surface area contributed by atoms with Gasteiger partial charge < -0.3 is 9.21 Å². The van der Waals surface area contributed by atoms with E-state index in [2.05, 4.69) is 32.3 Å². The molecule has 0 spiro atoms. The molecule has 0 aliphatic carbocycles. The van der Waals surface area contributed by atoms with Gasteiger partial charge in [0, 0.05) is 5.75 Å². The third-order valence-electron chi connectivity index (χ3n) is 4.86. The quantitative estimate of drug-likeness (QED) is 0.136. The van der Waals surface area contributed by atoms with E-state index in [1.165, 1.54) is 38.5 Å². The molecule has 1 atom stereocenters. The maximum atomic E-state index is 12.1. The predicted molar refractivity (Wildman–Crippen MR) is 125 cm³/mol. The van der Waals surface area contributed by atoms with Crippen LogP contribution in [0.1, 0.15) is 84.5 Å². The van der Waals surface area contributed by atoms with E-state index in [-0.39, 0.29) is 28.8 Å². The Morgan fingerprint density at radius 3 is 2.00 bits per heavy atom. The smallest absolute Gasteiger partial charge is 0.0966 e. The van der Waals surface area contributed by atoms with Crippen molar-refractivity contribution in [1.82, 2.24) is 0 Å². The van der Waals surface area contributed by atoms with E-state index in [1.807, 2.05) is 13.0 Å². The topological polar surface area (TPSA) is 48.2 Å².